The Hall–Kier alpha value is -4.95. The van der Waals surface area contributed by atoms with Gasteiger partial charge in [-0.1, -0.05) is 108 Å². The second-order valence-corrected chi connectivity index (χ2v) is 15.6. The van der Waals surface area contributed by atoms with Crippen molar-refractivity contribution in [2.45, 2.75) is 71.6 Å². The average Bonchev–Trinajstić information content (AvgIpc) is 3.84. The second kappa shape index (κ2) is 12.4. The molecule has 2 aromatic carbocycles. The molecule has 0 unspecified atom stereocenters. The predicted molar refractivity (Wildman–Crippen MR) is 201 cm³/mol. The number of nitrogens with zero attached hydrogens (tertiary/aromatic N) is 4. The van der Waals surface area contributed by atoms with E-state index in [2.05, 4.69) is 77.8 Å². The van der Waals surface area contributed by atoms with E-state index in [0.717, 1.165) is 55.8 Å². The van der Waals surface area contributed by atoms with E-state index in [1.165, 1.54) is 11.1 Å². The Labute approximate surface area is 305 Å². The van der Waals surface area contributed by atoms with Crippen LogP contribution in [0.5, 0.6) is 0 Å². The molecule has 6 heteroatoms. The summed E-state index contributed by atoms with van der Waals surface area (Å²) < 4.78 is 0. The minimum atomic E-state index is -0.804. The van der Waals surface area contributed by atoms with Gasteiger partial charge in [-0.05, 0) is 88.4 Å². The molecular weight excluding hydrogens is 664 g/mol. The van der Waals surface area contributed by atoms with Gasteiger partial charge in [0, 0.05) is 5.56 Å². The zero-order chi connectivity index (χ0) is 34.9. The van der Waals surface area contributed by atoms with Crippen molar-refractivity contribution < 1.29 is 21.9 Å². The summed E-state index contributed by atoms with van der Waals surface area (Å²) in [4.78, 5) is 33.9. The van der Waals surface area contributed by atoms with Gasteiger partial charge in [0.25, 0.3) is 0 Å². The first-order chi connectivity index (χ1) is 23.1. The molecule has 5 heterocycles. The van der Waals surface area contributed by atoms with Crippen LogP contribution in [-0.2, 0) is 33.3 Å². The molecule has 2 aliphatic rings. The van der Waals surface area contributed by atoms with Crippen molar-refractivity contribution in [1.29, 1.82) is 0 Å². The number of hydrogen-bond donors (Lipinski definition) is 0. The molecule has 5 aromatic rings. The monoisotopic (exact) mass is 703 g/mol. The van der Waals surface area contributed by atoms with Crippen molar-refractivity contribution in [2.24, 2.45) is 0 Å². The molecule has 7 rings (SSSR count). The smallest absolute Gasteiger partial charge is 0.657 e. The number of hydrogen-bond acceptors (Lipinski definition) is 3. The van der Waals surface area contributed by atoms with E-state index in [-0.39, 0.29) is 33.7 Å². The Kier molecular flexibility index (Phi) is 8.67. The van der Waals surface area contributed by atoms with Gasteiger partial charge in [0.15, 0.2) is 5.78 Å². The Morgan fingerprint density at radius 2 is 1.18 bits per heavy atom. The van der Waals surface area contributed by atoms with E-state index in [1.807, 2.05) is 68.4 Å². The van der Waals surface area contributed by atoms with E-state index in [9.17, 15) is 4.79 Å². The van der Waals surface area contributed by atoms with Gasteiger partial charge in [0.1, 0.15) is 5.69 Å². The first-order valence-corrected chi connectivity index (χ1v) is 16.7. The van der Waals surface area contributed by atoms with Gasteiger partial charge < -0.3 is 9.97 Å². The third-order valence-corrected chi connectivity index (χ3v) is 9.53. The third-order valence-electron chi connectivity index (χ3n) is 9.53. The molecule has 253 valence electrons. The van der Waals surface area contributed by atoms with Gasteiger partial charge in [-0.3, -0.25) is 4.79 Å². The first-order valence-electron chi connectivity index (χ1n) is 16.7. The van der Waals surface area contributed by atoms with Crippen molar-refractivity contribution in [3.8, 4) is 34.6 Å². The van der Waals surface area contributed by atoms with E-state index in [4.69, 9.17) is 26.4 Å². The number of rotatable bonds is 2. The van der Waals surface area contributed by atoms with Crippen LogP contribution >= 0.6 is 0 Å². The van der Waals surface area contributed by atoms with Crippen LogP contribution in [-0.4, -0.2) is 15.8 Å². The van der Waals surface area contributed by atoms with Crippen molar-refractivity contribution in [2.75, 3.05) is 0 Å². The van der Waals surface area contributed by atoms with Crippen molar-refractivity contribution >= 4 is 40.0 Å². The van der Waals surface area contributed by atoms with Crippen molar-refractivity contribution in [3.05, 3.63) is 118 Å². The standard InChI is InChI=1S/C44H41N4O.Cu/c1-10-26-11-13-27(14-12-26)39-33-17-15-31(45-33)24-37-41(49)44(8,9)38(48-37)25-32-16-18-34(46-32)40(36-20-19-35(39)47-36)28-21-29(42(2,3)4)23-30(22-28)43(5,6)7;/h1,11-25H,2-9H3,(H-,45,46,47,48,49);/q-1;+2/p-1. The molecule has 0 amide bonds. The SMILES string of the molecule is C#Cc1ccc(-c2c3nc(c(-c4cc(C(C)(C)C)cc(C(C)(C)C)c4)c4ccc(cc5nc(cc6ccc2[n-]6)C(=O)C5(C)C)[n-]4)C=C3)cc1.[Cu+2]. The van der Waals surface area contributed by atoms with Gasteiger partial charge in [-0.2, -0.15) is 0 Å². The van der Waals surface area contributed by atoms with Gasteiger partial charge in [-0.25, -0.2) is 9.97 Å². The maximum Gasteiger partial charge on any atom is 2.00 e. The number of ketones is 1. The van der Waals surface area contributed by atoms with E-state index in [0.29, 0.717) is 16.9 Å². The molecule has 0 spiro atoms. The number of benzene rings is 2. The summed E-state index contributed by atoms with van der Waals surface area (Å²) in [5.41, 5.74) is 11.8. The first kappa shape index (κ1) is 34.9. The summed E-state index contributed by atoms with van der Waals surface area (Å²) in [5, 5.41) is 0. The van der Waals surface area contributed by atoms with Crippen molar-refractivity contribution in [3.63, 3.8) is 0 Å². The second-order valence-electron chi connectivity index (χ2n) is 15.6. The zero-order valence-electron chi connectivity index (χ0n) is 29.7. The van der Waals surface area contributed by atoms with E-state index in [1.54, 1.807) is 6.07 Å². The van der Waals surface area contributed by atoms with E-state index < -0.39 is 5.41 Å². The molecule has 0 fully saturated rings. The van der Waals surface area contributed by atoms with E-state index >= 15 is 0 Å². The molecule has 1 radical (unpaired) electrons. The maximum atomic E-state index is 13.6. The van der Waals surface area contributed by atoms with Crippen LogP contribution in [0.25, 0.3) is 56.5 Å². The molecule has 0 aliphatic carbocycles. The average molecular weight is 704 g/mol. The molecular formula is C44H40CuN4O. The molecule has 3 aromatic heterocycles. The Bertz CT molecular complexity index is 2370. The molecule has 5 nitrogen and oxygen atoms in total. The maximum absolute atomic E-state index is 13.6. The van der Waals surface area contributed by atoms with Crippen LogP contribution in [0.1, 0.15) is 99.7 Å². The molecule has 0 saturated heterocycles. The third kappa shape index (κ3) is 6.29. The number of Topliss-reactive ketones (excluding diaryl/α,β-unsaturated/α-hetero) is 1. The largest absolute Gasteiger partial charge is 2.00 e. The zero-order valence-corrected chi connectivity index (χ0v) is 30.7. The summed E-state index contributed by atoms with van der Waals surface area (Å²) in [7, 11) is 0. The Balaban J connectivity index is 0.00000432. The van der Waals surface area contributed by atoms with Gasteiger partial charge in [0.05, 0.1) is 22.5 Å². The fourth-order valence-corrected chi connectivity index (χ4v) is 6.41. The number of carbonyl (C=O) groups excluding carboxylic acids is 1. The van der Waals surface area contributed by atoms with Gasteiger partial charge >= 0.3 is 17.1 Å². The van der Waals surface area contributed by atoms with Crippen LogP contribution in [0.15, 0.2) is 78.9 Å². The van der Waals surface area contributed by atoms with Crippen LogP contribution in [0.4, 0.5) is 0 Å². The van der Waals surface area contributed by atoms with Gasteiger partial charge in [0.2, 0.25) is 0 Å². The normalized spacial score (nSPS) is 13.9. The molecule has 8 bridgehead atoms. The summed E-state index contributed by atoms with van der Waals surface area (Å²) in [5.74, 6) is 2.67. The Morgan fingerprint density at radius 3 is 1.70 bits per heavy atom. The summed E-state index contributed by atoms with van der Waals surface area (Å²) in [6.07, 6.45) is 9.83. The summed E-state index contributed by atoms with van der Waals surface area (Å²) >= 11 is 0. The number of carbonyl (C=O) groups is 1. The van der Waals surface area contributed by atoms with Crippen molar-refractivity contribution in [1.82, 2.24) is 19.9 Å². The fraction of sp³-hybridized carbons (Fsp3) is 0.250. The number of fused-ring (bicyclic) bond motifs is 8. The van der Waals surface area contributed by atoms with Crippen LogP contribution < -0.4 is 9.97 Å². The molecule has 0 atom stereocenters. The topological polar surface area (TPSA) is 71.1 Å². The van der Waals surface area contributed by atoms with Gasteiger partial charge in [-0.15, -0.1) is 28.5 Å². The molecule has 50 heavy (non-hydrogen) atoms. The molecule has 0 saturated carbocycles. The van der Waals surface area contributed by atoms with Crippen LogP contribution in [0.3, 0.4) is 0 Å². The minimum absolute atomic E-state index is 0. The quantitative estimate of drug-likeness (QED) is 0.133. The predicted octanol–water partition coefficient (Wildman–Crippen LogP) is 9.81. The fourth-order valence-electron chi connectivity index (χ4n) is 6.41. The molecule has 2 aliphatic heterocycles. The van der Waals surface area contributed by atoms with Crippen LogP contribution in [0.2, 0.25) is 0 Å². The minimum Gasteiger partial charge on any atom is -0.657 e. The number of terminal acetylenes is 1. The summed E-state index contributed by atoms with van der Waals surface area (Å²) in [6, 6.07) is 26.4. The number of aromatic nitrogens is 4. The Morgan fingerprint density at radius 1 is 0.660 bits per heavy atom. The van der Waals surface area contributed by atoms with Crippen LogP contribution in [0, 0.1) is 12.3 Å². The summed E-state index contributed by atoms with van der Waals surface area (Å²) in [6.45, 7) is 17.3. The molecule has 0 N–H and O–H groups in total.